The zero-order valence-corrected chi connectivity index (χ0v) is 22.4. The number of pyridine rings is 1. The SMILES string of the molecule is CC=CN1CCC[C@@H](n2nc(-c3ccc(NC(=O)c4ccc5ccccc5n4)c4c3OCO4)c3c(N)ncnc32)C1. The fraction of sp³-hybridized carbons (Fsp3) is 0.233. The predicted octanol–water partition coefficient (Wildman–Crippen LogP) is 4.78. The van der Waals surface area contributed by atoms with E-state index in [1.54, 1.807) is 12.1 Å². The Kier molecular flexibility index (Phi) is 6.11. The van der Waals surface area contributed by atoms with Crippen LogP contribution in [0.25, 0.3) is 33.2 Å². The van der Waals surface area contributed by atoms with Crippen LogP contribution in [0.1, 0.15) is 36.3 Å². The van der Waals surface area contributed by atoms with E-state index in [1.807, 2.05) is 54.1 Å². The number of allylic oxidation sites excluding steroid dienone is 1. The number of nitrogens with two attached hydrogens (primary N) is 1. The van der Waals surface area contributed by atoms with Gasteiger partial charge in [-0.25, -0.2) is 19.6 Å². The molecule has 2 aliphatic rings. The molecule has 2 aliphatic heterocycles. The monoisotopic (exact) mass is 548 g/mol. The molecule has 41 heavy (non-hydrogen) atoms. The van der Waals surface area contributed by atoms with Gasteiger partial charge in [0.25, 0.3) is 5.91 Å². The summed E-state index contributed by atoms with van der Waals surface area (Å²) in [6.07, 6.45) is 7.64. The number of aromatic nitrogens is 5. The summed E-state index contributed by atoms with van der Waals surface area (Å²) in [7, 11) is 0. The molecule has 0 spiro atoms. The number of anilines is 2. The van der Waals surface area contributed by atoms with E-state index in [0.717, 1.165) is 36.8 Å². The Labute approximate surface area is 235 Å². The molecular formula is C30H28N8O3. The van der Waals surface area contributed by atoms with E-state index >= 15 is 0 Å². The van der Waals surface area contributed by atoms with E-state index < -0.39 is 0 Å². The minimum Gasteiger partial charge on any atom is -0.453 e. The second-order valence-corrected chi connectivity index (χ2v) is 10.1. The highest BCUT2D eigenvalue weighted by Gasteiger charge is 2.30. The molecule has 3 aromatic heterocycles. The maximum Gasteiger partial charge on any atom is 0.274 e. The molecule has 3 N–H and O–H groups in total. The van der Waals surface area contributed by atoms with Crippen LogP contribution in [0.3, 0.4) is 0 Å². The molecule has 2 aromatic carbocycles. The first-order valence-corrected chi connectivity index (χ1v) is 13.6. The van der Waals surface area contributed by atoms with E-state index in [9.17, 15) is 4.79 Å². The molecule has 0 aliphatic carbocycles. The Bertz CT molecular complexity index is 1830. The lowest BCUT2D eigenvalue weighted by Gasteiger charge is -2.32. The van der Waals surface area contributed by atoms with Crippen molar-refractivity contribution in [3.05, 3.63) is 72.8 Å². The quantitative estimate of drug-likeness (QED) is 0.318. The van der Waals surface area contributed by atoms with Crippen LogP contribution in [0, 0.1) is 0 Å². The van der Waals surface area contributed by atoms with Crippen molar-refractivity contribution in [2.75, 3.05) is 30.9 Å². The first kappa shape index (κ1) is 24.8. The molecule has 1 amide bonds. The number of fused-ring (bicyclic) bond motifs is 3. The molecule has 5 heterocycles. The molecule has 11 nitrogen and oxygen atoms in total. The molecule has 0 radical (unpaired) electrons. The first-order chi connectivity index (χ1) is 20.1. The van der Waals surface area contributed by atoms with Crippen molar-refractivity contribution >= 4 is 39.3 Å². The predicted molar refractivity (Wildman–Crippen MR) is 156 cm³/mol. The van der Waals surface area contributed by atoms with E-state index in [0.29, 0.717) is 51.0 Å². The van der Waals surface area contributed by atoms with Crippen LogP contribution < -0.4 is 20.5 Å². The minimum atomic E-state index is -0.350. The Morgan fingerprint density at radius 1 is 1.10 bits per heavy atom. The molecule has 206 valence electrons. The van der Waals surface area contributed by atoms with E-state index in [4.69, 9.17) is 20.3 Å². The average Bonchev–Trinajstić information content (AvgIpc) is 3.64. The third-order valence-corrected chi connectivity index (χ3v) is 7.50. The molecule has 1 saturated heterocycles. The number of likely N-dealkylation sites (tertiary alicyclic amines) is 1. The summed E-state index contributed by atoms with van der Waals surface area (Å²) < 4.78 is 13.7. The van der Waals surface area contributed by atoms with Gasteiger partial charge in [-0.2, -0.15) is 5.10 Å². The Morgan fingerprint density at radius 3 is 2.88 bits per heavy atom. The zero-order valence-electron chi connectivity index (χ0n) is 22.4. The van der Waals surface area contributed by atoms with E-state index in [-0.39, 0.29) is 18.7 Å². The third kappa shape index (κ3) is 4.35. The van der Waals surface area contributed by atoms with Gasteiger partial charge in [-0.1, -0.05) is 30.3 Å². The Morgan fingerprint density at radius 2 is 1.98 bits per heavy atom. The van der Waals surface area contributed by atoms with Crippen molar-refractivity contribution in [3.63, 3.8) is 0 Å². The molecule has 7 rings (SSSR count). The maximum atomic E-state index is 13.2. The smallest absolute Gasteiger partial charge is 0.274 e. The molecule has 1 fully saturated rings. The third-order valence-electron chi connectivity index (χ3n) is 7.50. The van der Waals surface area contributed by atoms with Crippen molar-refractivity contribution in [1.82, 2.24) is 29.6 Å². The molecule has 0 bridgehead atoms. The number of carbonyl (C=O) groups excluding carboxylic acids is 1. The van der Waals surface area contributed by atoms with Crippen LogP contribution in [0.2, 0.25) is 0 Å². The number of piperidine rings is 1. The van der Waals surface area contributed by atoms with Crippen LogP contribution in [0.15, 0.2) is 67.1 Å². The van der Waals surface area contributed by atoms with Gasteiger partial charge in [0.1, 0.15) is 23.5 Å². The molecule has 5 aromatic rings. The lowest BCUT2D eigenvalue weighted by molar-refractivity contribution is 0.102. The van der Waals surface area contributed by atoms with Crippen LogP contribution in [-0.2, 0) is 0 Å². The number of nitrogens with zero attached hydrogens (tertiary/aromatic N) is 6. The number of hydrogen-bond acceptors (Lipinski definition) is 9. The summed E-state index contributed by atoms with van der Waals surface area (Å²) in [6, 6.07) is 15.0. The van der Waals surface area contributed by atoms with Gasteiger partial charge in [-0.3, -0.25) is 4.79 Å². The van der Waals surface area contributed by atoms with Crippen LogP contribution in [0.5, 0.6) is 11.5 Å². The Hall–Kier alpha value is -5.19. The molecule has 1 atom stereocenters. The number of amides is 1. The second kappa shape index (κ2) is 10.1. The van der Waals surface area contributed by atoms with Crippen molar-refractivity contribution in [2.45, 2.75) is 25.8 Å². The summed E-state index contributed by atoms with van der Waals surface area (Å²) in [6.45, 7) is 3.85. The topological polar surface area (TPSA) is 133 Å². The van der Waals surface area contributed by atoms with Gasteiger partial charge in [0.15, 0.2) is 17.1 Å². The number of ether oxygens (including phenoxy) is 2. The van der Waals surface area contributed by atoms with Gasteiger partial charge in [-0.15, -0.1) is 0 Å². The van der Waals surface area contributed by atoms with E-state index in [2.05, 4.69) is 31.4 Å². The number of hydrogen-bond donors (Lipinski definition) is 2. The Balaban J connectivity index is 1.26. The number of carbonyl (C=O) groups is 1. The minimum absolute atomic E-state index is 0.00893. The lowest BCUT2D eigenvalue weighted by atomic mass is 10.1. The number of nitrogen functional groups attached to an aromatic ring is 1. The van der Waals surface area contributed by atoms with Crippen molar-refractivity contribution < 1.29 is 14.3 Å². The standard InChI is InChI=1S/C30H28N8O3/c1-2-13-37-14-5-7-19(15-37)38-29-24(28(31)32-16-33-29)25(36-38)20-10-12-22(27-26(20)40-17-41-27)35-30(39)23-11-9-18-6-3-4-8-21(18)34-23/h2-4,6,8-13,16,19H,5,7,14-15,17H2,1H3,(H,35,39)(H2,31,32,33)/t19-/m1/s1. The van der Waals surface area contributed by atoms with Crippen molar-refractivity contribution in [1.29, 1.82) is 0 Å². The number of rotatable bonds is 5. The van der Waals surface area contributed by atoms with Gasteiger partial charge in [0.2, 0.25) is 6.79 Å². The number of benzene rings is 2. The summed E-state index contributed by atoms with van der Waals surface area (Å²) in [5.74, 6) is 0.885. The van der Waals surface area contributed by atoms with Crippen LogP contribution >= 0.6 is 0 Å². The van der Waals surface area contributed by atoms with Gasteiger partial charge in [0, 0.05) is 24.0 Å². The average molecular weight is 549 g/mol. The highest BCUT2D eigenvalue weighted by Crippen LogP contribution is 2.48. The maximum absolute atomic E-state index is 13.2. The molecule has 0 saturated carbocycles. The number of nitrogens with one attached hydrogen (secondary N) is 1. The van der Waals surface area contributed by atoms with Crippen LogP contribution in [0.4, 0.5) is 11.5 Å². The molecular weight excluding hydrogens is 520 g/mol. The fourth-order valence-corrected chi connectivity index (χ4v) is 5.63. The van der Waals surface area contributed by atoms with E-state index in [1.165, 1.54) is 6.33 Å². The highest BCUT2D eigenvalue weighted by atomic mass is 16.7. The fourth-order valence-electron chi connectivity index (χ4n) is 5.63. The molecule has 0 unspecified atom stereocenters. The summed E-state index contributed by atoms with van der Waals surface area (Å²) in [5.41, 5.74) is 9.88. The normalized spacial score (nSPS) is 16.6. The summed E-state index contributed by atoms with van der Waals surface area (Å²) >= 11 is 0. The van der Waals surface area contributed by atoms with Crippen LogP contribution in [-0.4, -0.2) is 55.4 Å². The van der Waals surface area contributed by atoms with Gasteiger partial charge < -0.3 is 25.4 Å². The van der Waals surface area contributed by atoms with Gasteiger partial charge in [0.05, 0.1) is 22.6 Å². The second-order valence-electron chi connectivity index (χ2n) is 10.1. The molecule has 11 heteroatoms. The highest BCUT2D eigenvalue weighted by molar-refractivity contribution is 6.06. The zero-order chi connectivity index (χ0) is 27.9. The largest absolute Gasteiger partial charge is 0.453 e. The van der Waals surface area contributed by atoms with Gasteiger partial charge >= 0.3 is 0 Å². The first-order valence-electron chi connectivity index (χ1n) is 13.6. The van der Waals surface area contributed by atoms with Crippen molar-refractivity contribution in [2.24, 2.45) is 0 Å². The summed E-state index contributed by atoms with van der Waals surface area (Å²) in [5, 5.41) is 9.58. The van der Waals surface area contributed by atoms with Gasteiger partial charge in [-0.05, 0) is 50.2 Å². The lowest BCUT2D eigenvalue weighted by Crippen LogP contribution is -2.33. The number of para-hydroxylation sites is 1. The van der Waals surface area contributed by atoms with Crippen molar-refractivity contribution in [3.8, 4) is 22.8 Å². The summed E-state index contributed by atoms with van der Waals surface area (Å²) in [4.78, 5) is 28.8.